The van der Waals surface area contributed by atoms with Crippen LogP contribution < -0.4 is 4.74 Å². The Kier molecular flexibility index (Phi) is 5.69. The van der Waals surface area contributed by atoms with Gasteiger partial charge < -0.3 is 4.74 Å². The largest absolute Gasteiger partial charge is 0.494 e. The molecule has 0 saturated heterocycles. The van der Waals surface area contributed by atoms with Crippen molar-refractivity contribution in [1.29, 1.82) is 0 Å². The highest BCUT2D eigenvalue weighted by molar-refractivity contribution is 7.16. The number of halogens is 1. The molecule has 0 saturated carbocycles. The van der Waals surface area contributed by atoms with Gasteiger partial charge in [-0.05, 0) is 58.7 Å². The molecule has 4 aromatic rings. The van der Waals surface area contributed by atoms with E-state index in [-0.39, 0.29) is 0 Å². The molecule has 0 unspecified atom stereocenters. The number of thiophene rings is 1. The third kappa shape index (κ3) is 4.24. The van der Waals surface area contributed by atoms with E-state index in [0.29, 0.717) is 12.4 Å². The summed E-state index contributed by atoms with van der Waals surface area (Å²) in [5.74, 6) is 1.48. The Labute approximate surface area is 172 Å². The first kappa shape index (κ1) is 18.7. The molecule has 0 aliphatic heterocycles. The van der Waals surface area contributed by atoms with Gasteiger partial charge in [0.05, 0.1) is 11.5 Å². The van der Waals surface area contributed by atoms with E-state index in [4.69, 9.17) is 16.3 Å². The first-order valence-corrected chi connectivity index (χ1v) is 10.3. The lowest BCUT2D eigenvalue weighted by Gasteiger charge is -2.08. The lowest BCUT2D eigenvalue weighted by atomic mass is 10.0. The Morgan fingerprint density at radius 3 is 2.71 bits per heavy atom. The van der Waals surface area contributed by atoms with Gasteiger partial charge in [-0.3, -0.25) is 0 Å². The van der Waals surface area contributed by atoms with Gasteiger partial charge in [-0.2, -0.15) is 5.21 Å². The Hall–Kier alpha value is -2.70. The van der Waals surface area contributed by atoms with Crippen LogP contribution in [0.25, 0.3) is 21.8 Å². The van der Waals surface area contributed by atoms with Gasteiger partial charge in [0, 0.05) is 16.3 Å². The third-order valence-corrected chi connectivity index (χ3v) is 5.65. The van der Waals surface area contributed by atoms with Crippen molar-refractivity contribution in [2.75, 3.05) is 6.61 Å². The molecular weight excluding hydrogens is 392 g/mol. The zero-order valence-corrected chi connectivity index (χ0v) is 16.9. The maximum absolute atomic E-state index is 6.03. The number of tetrazole rings is 1. The summed E-state index contributed by atoms with van der Waals surface area (Å²) in [4.78, 5) is 2.21. The van der Waals surface area contributed by atoms with E-state index in [1.54, 1.807) is 11.3 Å². The van der Waals surface area contributed by atoms with Gasteiger partial charge in [0.2, 0.25) is 5.82 Å². The van der Waals surface area contributed by atoms with Crippen LogP contribution in [0.5, 0.6) is 5.75 Å². The van der Waals surface area contributed by atoms with E-state index in [0.717, 1.165) is 39.6 Å². The topological polar surface area (TPSA) is 63.7 Å². The number of ether oxygens (including phenoxy) is 1. The molecule has 0 bridgehead atoms. The first-order valence-electron chi connectivity index (χ1n) is 9.07. The predicted molar refractivity (Wildman–Crippen MR) is 113 cm³/mol. The van der Waals surface area contributed by atoms with E-state index in [2.05, 4.69) is 57.9 Å². The maximum atomic E-state index is 6.03. The highest BCUT2D eigenvalue weighted by Crippen LogP contribution is 2.38. The molecule has 7 heteroatoms. The second kappa shape index (κ2) is 8.54. The number of benzene rings is 2. The van der Waals surface area contributed by atoms with E-state index in [1.807, 2.05) is 24.3 Å². The van der Waals surface area contributed by atoms with Gasteiger partial charge >= 0.3 is 0 Å². The molecule has 0 amide bonds. The molecule has 0 aliphatic carbocycles. The predicted octanol–water partition coefficient (Wildman–Crippen LogP) is 5.63. The molecule has 0 fully saturated rings. The molecule has 2 heterocycles. The highest BCUT2D eigenvalue weighted by Gasteiger charge is 2.16. The van der Waals surface area contributed by atoms with Crippen LogP contribution in [0.1, 0.15) is 23.8 Å². The summed E-state index contributed by atoms with van der Waals surface area (Å²) in [7, 11) is 0. The molecule has 2 aromatic heterocycles. The summed E-state index contributed by atoms with van der Waals surface area (Å²) < 4.78 is 5.82. The molecule has 0 radical (unpaired) electrons. The fraction of sp³-hybridized carbons (Fsp3) is 0.190. The number of nitrogens with one attached hydrogen (secondary N) is 1. The van der Waals surface area contributed by atoms with Crippen LogP contribution in [0.4, 0.5) is 0 Å². The van der Waals surface area contributed by atoms with Crippen molar-refractivity contribution in [3.8, 4) is 27.6 Å². The van der Waals surface area contributed by atoms with Crippen LogP contribution in [0.2, 0.25) is 5.02 Å². The van der Waals surface area contributed by atoms with Crippen LogP contribution in [0, 0.1) is 0 Å². The molecule has 1 N–H and O–H groups in total. The summed E-state index contributed by atoms with van der Waals surface area (Å²) in [6.45, 7) is 2.81. The van der Waals surface area contributed by atoms with Gasteiger partial charge in [0.15, 0.2) is 0 Å². The zero-order chi connectivity index (χ0) is 19.3. The van der Waals surface area contributed by atoms with Gasteiger partial charge in [0.25, 0.3) is 0 Å². The SMILES string of the molecule is CCCOc1cccc(-c2cc(-c3nn[nH]n3)sc2Cc2ccc(Cl)cc2)c1. The number of aromatic amines is 1. The van der Waals surface area contributed by atoms with Crippen LogP contribution >= 0.6 is 22.9 Å². The number of hydrogen-bond acceptors (Lipinski definition) is 5. The monoisotopic (exact) mass is 410 g/mol. The lowest BCUT2D eigenvalue weighted by molar-refractivity contribution is 0.317. The summed E-state index contributed by atoms with van der Waals surface area (Å²) >= 11 is 7.71. The summed E-state index contributed by atoms with van der Waals surface area (Å²) in [5, 5.41) is 15.2. The molecule has 4 rings (SSSR count). The average Bonchev–Trinajstić information content (AvgIpc) is 3.38. The molecule has 0 aliphatic rings. The van der Waals surface area contributed by atoms with Crippen LogP contribution in [-0.2, 0) is 6.42 Å². The minimum atomic E-state index is 0.604. The second-order valence-electron chi connectivity index (χ2n) is 6.36. The van der Waals surface area contributed by atoms with Crippen molar-refractivity contribution < 1.29 is 4.74 Å². The van der Waals surface area contributed by atoms with Crippen molar-refractivity contribution in [3.05, 3.63) is 70.1 Å². The summed E-state index contributed by atoms with van der Waals surface area (Å²) in [6.07, 6.45) is 1.78. The van der Waals surface area contributed by atoms with Crippen molar-refractivity contribution in [1.82, 2.24) is 20.6 Å². The zero-order valence-electron chi connectivity index (χ0n) is 15.4. The van der Waals surface area contributed by atoms with Crippen molar-refractivity contribution in [2.24, 2.45) is 0 Å². The molecular formula is C21H19ClN4OS. The number of rotatable bonds is 7. The van der Waals surface area contributed by atoms with E-state index in [9.17, 15) is 0 Å². The summed E-state index contributed by atoms with van der Waals surface area (Å²) in [6, 6.07) is 18.3. The minimum Gasteiger partial charge on any atom is -0.494 e. The van der Waals surface area contributed by atoms with Gasteiger partial charge in [0.1, 0.15) is 5.75 Å². The molecule has 142 valence electrons. The average molecular weight is 411 g/mol. The minimum absolute atomic E-state index is 0.604. The van der Waals surface area contributed by atoms with Gasteiger partial charge in [-0.1, -0.05) is 42.8 Å². The number of hydrogen-bond donors (Lipinski definition) is 1. The van der Waals surface area contributed by atoms with Gasteiger partial charge in [-0.15, -0.1) is 21.5 Å². The van der Waals surface area contributed by atoms with Gasteiger partial charge in [-0.25, -0.2) is 0 Å². The van der Waals surface area contributed by atoms with Crippen molar-refractivity contribution in [2.45, 2.75) is 19.8 Å². The van der Waals surface area contributed by atoms with Crippen molar-refractivity contribution in [3.63, 3.8) is 0 Å². The van der Waals surface area contributed by atoms with Crippen LogP contribution in [0.3, 0.4) is 0 Å². The van der Waals surface area contributed by atoms with E-state index < -0.39 is 0 Å². The standard InChI is InChI=1S/C21H19ClN4OS/c1-2-10-27-17-5-3-4-15(12-17)18-13-20(21-23-25-26-24-21)28-19(18)11-14-6-8-16(22)9-7-14/h3-9,12-13H,2,10-11H2,1H3,(H,23,24,25,26). The Morgan fingerprint density at radius 2 is 1.96 bits per heavy atom. The molecule has 0 atom stereocenters. The molecule has 0 spiro atoms. The Morgan fingerprint density at radius 1 is 1.11 bits per heavy atom. The molecule has 5 nitrogen and oxygen atoms in total. The summed E-state index contributed by atoms with van der Waals surface area (Å²) in [5.41, 5.74) is 3.47. The Balaban J connectivity index is 1.73. The normalized spacial score (nSPS) is 10.9. The fourth-order valence-electron chi connectivity index (χ4n) is 2.94. The molecule has 2 aromatic carbocycles. The number of H-pyrrole nitrogens is 1. The first-order chi connectivity index (χ1) is 13.7. The van der Waals surface area contributed by atoms with Crippen LogP contribution in [0.15, 0.2) is 54.6 Å². The molecule has 28 heavy (non-hydrogen) atoms. The highest BCUT2D eigenvalue weighted by atomic mass is 35.5. The Bertz CT molecular complexity index is 1040. The smallest absolute Gasteiger partial charge is 0.214 e. The lowest BCUT2D eigenvalue weighted by Crippen LogP contribution is -1.95. The number of nitrogens with zero attached hydrogens (tertiary/aromatic N) is 3. The fourth-order valence-corrected chi connectivity index (χ4v) is 4.21. The number of aromatic nitrogens is 4. The second-order valence-corrected chi connectivity index (χ2v) is 7.94. The maximum Gasteiger partial charge on any atom is 0.214 e. The van der Waals surface area contributed by atoms with E-state index in [1.165, 1.54) is 10.4 Å². The van der Waals surface area contributed by atoms with E-state index >= 15 is 0 Å². The van der Waals surface area contributed by atoms with Crippen molar-refractivity contribution >= 4 is 22.9 Å². The van der Waals surface area contributed by atoms with Crippen LogP contribution in [-0.4, -0.2) is 27.2 Å². The third-order valence-electron chi connectivity index (χ3n) is 4.27. The quantitative estimate of drug-likeness (QED) is 0.429.